The van der Waals surface area contributed by atoms with Gasteiger partial charge in [0.1, 0.15) is 0 Å². The van der Waals surface area contributed by atoms with Crippen molar-refractivity contribution in [2.45, 2.75) is 81.5 Å². The lowest BCUT2D eigenvalue weighted by molar-refractivity contribution is -0.132. The van der Waals surface area contributed by atoms with Crippen LogP contribution in [0.5, 0.6) is 0 Å². The van der Waals surface area contributed by atoms with Crippen molar-refractivity contribution < 1.29 is 9.90 Å². The molecule has 4 unspecified atom stereocenters. The summed E-state index contributed by atoms with van der Waals surface area (Å²) < 4.78 is 0. The zero-order chi connectivity index (χ0) is 21.7. The topological polar surface area (TPSA) is 78.6 Å². The van der Waals surface area contributed by atoms with Gasteiger partial charge in [0, 0.05) is 35.3 Å². The highest BCUT2D eigenvalue weighted by Crippen LogP contribution is 2.38. The number of carbonyl (C=O) groups is 1. The van der Waals surface area contributed by atoms with E-state index in [1.54, 1.807) is 11.8 Å². The van der Waals surface area contributed by atoms with E-state index in [4.69, 9.17) is 5.73 Å². The second-order valence-electron chi connectivity index (χ2n) is 10.1. The lowest BCUT2D eigenvalue weighted by atomic mass is 9.72. The Kier molecular flexibility index (Phi) is 8.24. The minimum absolute atomic E-state index is 0.0888. The van der Waals surface area contributed by atoms with Crippen molar-refractivity contribution in [3.8, 4) is 0 Å². The number of nitrogens with two attached hydrogens (primary N) is 1. The number of aliphatic hydroxyl groups is 1. The van der Waals surface area contributed by atoms with Gasteiger partial charge in [0.25, 0.3) is 0 Å². The third kappa shape index (κ3) is 6.71. The number of benzene rings is 1. The second-order valence-corrected chi connectivity index (χ2v) is 11.2. The smallest absolute Gasteiger partial charge is 0.237 e. The Morgan fingerprint density at radius 3 is 2.57 bits per heavy atom. The van der Waals surface area contributed by atoms with Gasteiger partial charge < -0.3 is 16.2 Å². The van der Waals surface area contributed by atoms with Crippen LogP contribution in [0.3, 0.4) is 0 Å². The number of fused-ring (bicyclic) bond motifs is 1. The monoisotopic (exact) mass is 433 g/mol. The van der Waals surface area contributed by atoms with Crippen molar-refractivity contribution >= 4 is 17.7 Å². The third-order valence-electron chi connectivity index (χ3n) is 6.40. The van der Waals surface area contributed by atoms with E-state index in [1.807, 2.05) is 39.0 Å². The standard InChI is InChI=1S/C24H39N3O2S/c1-24(2,3)26-23(29)21-13-17-9-7-8-10-18(17)14-27(21)15-22(28)20(25)16-30-19-11-5-4-6-12-19/h4-6,11-12,17-18,20-22,28H,7-10,13-16,25H2,1-3H3,(H,26,29)/t17?,18?,20?,21-,22?/m0/s1. The maximum Gasteiger partial charge on any atom is 0.237 e. The van der Waals surface area contributed by atoms with Crippen LogP contribution in [0.2, 0.25) is 0 Å². The summed E-state index contributed by atoms with van der Waals surface area (Å²) >= 11 is 1.67. The average Bonchev–Trinajstić information content (AvgIpc) is 2.71. The zero-order valence-electron chi connectivity index (χ0n) is 18.7. The van der Waals surface area contributed by atoms with E-state index in [0.717, 1.165) is 17.9 Å². The van der Waals surface area contributed by atoms with Crippen LogP contribution in [0, 0.1) is 11.8 Å². The van der Waals surface area contributed by atoms with Crippen LogP contribution >= 0.6 is 11.8 Å². The molecule has 2 fully saturated rings. The highest BCUT2D eigenvalue weighted by atomic mass is 32.2. The first-order valence-corrected chi connectivity index (χ1v) is 12.4. The summed E-state index contributed by atoms with van der Waals surface area (Å²) in [6, 6.07) is 9.64. The molecular weight excluding hydrogens is 394 g/mol. The number of likely N-dealkylation sites (tertiary alicyclic amines) is 1. The first kappa shape index (κ1) is 23.6. The Balaban J connectivity index is 1.62. The predicted octanol–water partition coefficient (Wildman–Crippen LogP) is 3.26. The average molecular weight is 434 g/mol. The molecule has 1 aromatic carbocycles. The molecule has 1 amide bonds. The quantitative estimate of drug-likeness (QED) is 0.575. The number of nitrogens with one attached hydrogen (secondary N) is 1. The van der Waals surface area contributed by atoms with Crippen LogP contribution in [-0.4, -0.2) is 58.5 Å². The van der Waals surface area contributed by atoms with Crippen molar-refractivity contribution in [3.63, 3.8) is 0 Å². The van der Waals surface area contributed by atoms with Crippen LogP contribution in [0.4, 0.5) is 0 Å². The molecule has 1 saturated carbocycles. The maximum atomic E-state index is 13.1. The van der Waals surface area contributed by atoms with E-state index in [2.05, 4.69) is 22.3 Å². The zero-order valence-corrected chi connectivity index (χ0v) is 19.5. The summed E-state index contributed by atoms with van der Waals surface area (Å²) in [5, 5.41) is 14.0. The highest BCUT2D eigenvalue weighted by molar-refractivity contribution is 7.99. The summed E-state index contributed by atoms with van der Waals surface area (Å²) in [4.78, 5) is 16.5. The SMILES string of the molecule is CC(C)(C)NC(=O)[C@@H]1CC2CCCCC2CN1CC(O)C(N)CSc1ccccc1. The molecule has 1 aliphatic carbocycles. The van der Waals surface area contributed by atoms with Crippen LogP contribution in [0.25, 0.3) is 0 Å². The molecule has 1 aromatic rings. The van der Waals surface area contributed by atoms with Gasteiger partial charge in [-0.2, -0.15) is 0 Å². The fourth-order valence-corrected chi connectivity index (χ4v) is 5.78. The molecule has 1 aliphatic heterocycles. The van der Waals surface area contributed by atoms with Gasteiger partial charge in [0.15, 0.2) is 0 Å². The van der Waals surface area contributed by atoms with Crippen molar-refractivity contribution in [2.24, 2.45) is 17.6 Å². The van der Waals surface area contributed by atoms with Gasteiger partial charge in [0.2, 0.25) is 5.91 Å². The summed E-state index contributed by atoms with van der Waals surface area (Å²) in [6.45, 7) is 7.41. The molecule has 5 nitrogen and oxygen atoms in total. The van der Waals surface area contributed by atoms with Crippen LogP contribution in [0.15, 0.2) is 35.2 Å². The van der Waals surface area contributed by atoms with Crippen molar-refractivity contribution in [1.82, 2.24) is 10.2 Å². The molecule has 0 aromatic heterocycles. The van der Waals surface area contributed by atoms with Gasteiger partial charge in [-0.05, 0) is 57.6 Å². The first-order chi connectivity index (χ1) is 14.2. The highest BCUT2D eigenvalue weighted by Gasteiger charge is 2.41. The molecule has 0 radical (unpaired) electrons. The molecule has 1 heterocycles. The molecule has 3 rings (SSSR count). The third-order valence-corrected chi connectivity index (χ3v) is 7.56. The van der Waals surface area contributed by atoms with Crippen LogP contribution in [-0.2, 0) is 4.79 Å². The normalized spacial score (nSPS) is 27.2. The fraction of sp³-hybridized carbons (Fsp3) is 0.708. The molecule has 4 N–H and O–H groups in total. The lowest BCUT2D eigenvalue weighted by Crippen LogP contribution is -2.59. The largest absolute Gasteiger partial charge is 0.390 e. The molecule has 168 valence electrons. The first-order valence-electron chi connectivity index (χ1n) is 11.4. The molecule has 5 atom stereocenters. The second kappa shape index (κ2) is 10.5. The number of hydrogen-bond acceptors (Lipinski definition) is 5. The summed E-state index contributed by atoms with van der Waals surface area (Å²) in [5.74, 6) is 2.01. The van der Waals surface area contributed by atoms with Gasteiger partial charge in [-0.15, -0.1) is 11.8 Å². The fourth-order valence-electron chi connectivity index (χ4n) is 4.82. The summed E-state index contributed by atoms with van der Waals surface area (Å²) in [5.41, 5.74) is 6.08. The van der Waals surface area contributed by atoms with E-state index < -0.39 is 6.10 Å². The van der Waals surface area contributed by atoms with E-state index in [0.29, 0.717) is 24.1 Å². The number of β-amino-alcohol motifs (C(OH)–C–C–N with tert-alkyl or cyclic N) is 1. The minimum Gasteiger partial charge on any atom is -0.390 e. The van der Waals surface area contributed by atoms with E-state index >= 15 is 0 Å². The number of piperidine rings is 1. The Morgan fingerprint density at radius 1 is 1.23 bits per heavy atom. The Labute approximate surface area is 186 Å². The number of amides is 1. The van der Waals surface area contributed by atoms with Gasteiger partial charge >= 0.3 is 0 Å². The van der Waals surface area contributed by atoms with Crippen LogP contribution < -0.4 is 11.1 Å². The van der Waals surface area contributed by atoms with E-state index in [-0.39, 0.29) is 23.5 Å². The van der Waals surface area contributed by atoms with E-state index in [9.17, 15) is 9.90 Å². The van der Waals surface area contributed by atoms with Gasteiger partial charge in [0.05, 0.1) is 12.1 Å². The number of rotatable bonds is 7. The Bertz CT molecular complexity index is 679. The number of aliphatic hydroxyl groups excluding tert-OH is 1. The molecule has 1 saturated heterocycles. The van der Waals surface area contributed by atoms with Crippen LogP contribution in [0.1, 0.15) is 52.9 Å². The lowest BCUT2D eigenvalue weighted by Gasteiger charge is -2.46. The summed E-state index contributed by atoms with van der Waals surface area (Å²) in [6.07, 6.45) is 5.27. The molecule has 0 bridgehead atoms. The Hall–Kier alpha value is -1.08. The van der Waals surface area contributed by atoms with Gasteiger partial charge in [-0.3, -0.25) is 9.69 Å². The molecule has 2 aliphatic rings. The number of nitrogens with zero attached hydrogens (tertiary/aromatic N) is 1. The molecule has 30 heavy (non-hydrogen) atoms. The van der Waals surface area contributed by atoms with E-state index in [1.165, 1.54) is 25.7 Å². The van der Waals surface area contributed by atoms with Gasteiger partial charge in [-0.1, -0.05) is 37.5 Å². The minimum atomic E-state index is -0.647. The number of carbonyl (C=O) groups excluding carboxylic acids is 1. The summed E-state index contributed by atoms with van der Waals surface area (Å²) in [7, 11) is 0. The predicted molar refractivity (Wildman–Crippen MR) is 124 cm³/mol. The number of hydrogen-bond donors (Lipinski definition) is 3. The molecule has 0 spiro atoms. The maximum absolute atomic E-state index is 13.1. The Morgan fingerprint density at radius 2 is 1.90 bits per heavy atom. The molecule has 6 heteroatoms. The molecular formula is C24H39N3O2S. The number of thioether (sulfide) groups is 1. The van der Waals surface area contributed by atoms with Crippen molar-refractivity contribution in [3.05, 3.63) is 30.3 Å². The van der Waals surface area contributed by atoms with Gasteiger partial charge in [-0.25, -0.2) is 0 Å². The van der Waals surface area contributed by atoms with Crippen molar-refractivity contribution in [2.75, 3.05) is 18.8 Å². The van der Waals surface area contributed by atoms with Crippen molar-refractivity contribution in [1.29, 1.82) is 0 Å².